The lowest BCUT2D eigenvalue weighted by Gasteiger charge is -2.32. The molecule has 1 saturated heterocycles. The Morgan fingerprint density at radius 3 is 2.17 bits per heavy atom. The highest BCUT2D eigenvalue weighted by Crippen LogP contribution is 2.37. The third-order valence-electron chi connectivity index (χ3n) is 5.40. The molecule has 1 aromatic carbocycles. The number of carboxylic acids is 1. The van der Waals surface area contributed by atoms with Gasteiger partial charge in [0.15, 0.2) is 5.82 Å². The van der Waals surface area contributed by atoms with Crippen LogP contribution < -0.4 is 4.90 Å². The molecular weight excluding hydrogens is 496 g/mol. The van der Waals surface area contributed by atoms with E-state index in [0.717, 1.165) is 43.0 Å². The molecular formula is C21H17F6N7O2. The summed E-state index contributed by atoms with van der Waals surface area (Å²) in [5.74, 6) is -1.96. The van der Waals surface area contributed by atoms with Gasteiger partial charge in [0.25, 0.3) is 0 Å². The van der Waals surface area contributed by atoms with E-state index in [2.05, 4.69) is 25.1 Å². The normalized spacial score (nSPS) is 13.8. The average molecular weight is 513 g/mol. The van der Waals surface area contributed by atoms with Gasteiger partial charge >= 0.3 is 18.3 Å². The van der Waals surface area contributed by atoms with Crippen molar-refractivity contribution < 1.29 is 36.2 Å². The number of aromatic nitrogens is 6. The monoisotopic (exact) mass is 513 g/mol. The van der Waals surface area contributed by atoms with Crippen molar-refractivity contribution in [1.82, 2.24) is 29.4 Å². The van der Waals surface area contributed by atoms with Crippen LogP contribution in [0.15, 0.2) is 43.1 Å². The van der Waals surface area contributed by atoms with Crippen molar-refractivity contribution in [3.63, 3.8) is 0 Å². The van der Waals surface area contributed by atoms with Crippen molar-refractivity contribution in [3.05, 3.63) is 48.7 Å². The zero-order valence-corrected chi connectivity index (χ0v) is 18.4. The third-order valence-corrected chi connectivity index (χ3v) is 5.40. The van der Waals surface area contributed by atoms with E-state index in [-0.39, 0.29) is 0 Å². The Morgan fingerprint density at radius 1 is 1.00 bits per heavy atom. The van der Waals surface area contributed by atoms with E-state index in [1.54, 1.807) is 28.8 Å². The van der Waals surface area contributed by atoms with Gasteiger partial charge in [0.2, 0.25) is 0 Å². The number of hydrogen-bond acceptors (Lipinski definition) is 6. The van der Waals surface area contributed by atoms with Gasteiger partial charge in [0.05, 0.1) is 17.5 Å². The summed E-state index contributed by atoms with van der Waals surface area (Å²) in [5.41, 5.74) is 2.73. The molecule has 190 valence electrons. The molecule has 0 radical (unpaired) electrons. The van der Waals surface area contributed by atoms with E-state index in [4.69, 9.17) is 9.90 Å². The molecule has 1 N–H and O–H groups in total. The van der Waals surface area contributed by atoms with Crippen molar-refractivity contribution >= 4 is 17.3 Å². The Kier molecular flexibility index (Phi) is 6.32. The number of halogens is 6. The van der Waals surface area contributed by atoms with Gasteiger partial charge in [0.1, 0.15) is 23.9 Å². The van der Waals surface area contributed by atoms with Crippen LogP contribution in [0.4, 0.5) is 32.2 Å². The predicted molar refractivity (Wildman–Crippen MR) is 114 cm³/mol. The van der Waals surface area contributed by atoms with Gasteiger partial charge < -0.3 is 10.0 Å². The lowest BCUT2D eigenvalue weighted by Crippen LogP contribution is -2.38. The van der Waals surface area contributed by atoms with Crippen molar-refractivity contribution in [2.75, 3.05) is 18.0 Å². The molecule has 0 saturated carbocycles. The van der Waals surface area contributed by atoms with Crippen LogP contribution in [0.2, 0.25) is 0 Å². The number of aryl methyl sites for hydroxylation is 1. The fraction of sp³-hybridized carbons (Fsp3) is 0.286. The highest BCUT2D eigenvalue weighted by atomic mass is 19.4. The molecule has 0 bridgehead atoms. The number of fused-ring (bicyclic) bond motifs is 1. The molecule has 1 aliphatic rings. The van der Waals surface area contributed by atoms with E-state index < -0.39 is 23.9 Å². The number of hydrogen-bond donors (Lipinski definition) is 1. The fourth-order valence-electron chi connectivity index (χ4n) is 3.56. The molecule has 1 aliphatic heterocycles. The van der Waals surface area contributed by atoms with Gasteiger partial charge in [-0.2, -0.15) is 36.5 Å². The second-order valence-corrected chi connectivity index (χ2v) is 7.72. The maximum Gasteiger partial charge on any atom is 0.490 e. The van der Waals surface area contributed by atoms with Gasteiger partial charge in [-0.25, -0.2) is 19.3 Å². The van der Waals surface area contributed by atoms with E-state index in [0.29, 0.717) is 22.5 Å². The number of rotatable bonds is 3. The molecule has 9 nitrogen and oxygen atoms in total. The van der Waals surface area contributed by atoms with E-state index >= 15 is 0 Å². The van der Waals surface area contributed by atoms with Gasteiger partial charge in [0, 0.05) is 31.3 Å². The maximum atomic E-state index is 12.9. The zero-order valence-electron chi connectivity index (χ0n) is 18.4. The number of carbonyl (C=O) groups is 1. The summed E-state index contributed by atoms with van der Waals surface area (Å²) in [6.07, 6.45) is -3.59. The zero-order chi connectivity index (χ0) is 26.3. The first kappa shape index (κ1) is 24.9. The van der Waals surface area contributed by atoms with Crippen LogP contribution in [0.3, 0.4) is 0 Å². The lowest BCUT2D eigenvalue weighted by molar-refractivity contribution is -0.192. The topological polar surface area (TPSA) is 101 Å². The van der Waals surface area contributed by atoms with Crippen molar-refractivity contribution in [3.8, 4) is 22.5 Å². The minimum Gasteiger partial charge on any atom is -0.475 e. The van der Waals surface area contributed by atoms with Crippen LogP contribution in [0.5, 0.6) is 0 Å². The Hall–Kier alpha value is -4.17. The average Bonchev–Trinajstić information content (AvgIpc) is 3.35. The Labute approximate surface area is 198 Å². The van der Waals surface area contributed by atoms with Crippen LogP contribution in [0.25, 0.3) is 28.0 Å². The van der Waals surface area contributed by atoms with E-state index in [1.165, 1.54) is 18.5 Å². The Bertz CT molecular complexity index is 1390. The molecule has 1 fully saturated rings. The SMILES string of the molecule is Cn1ncc(-c2ncn3ncnc(N4CCC4)c23)c1-c1ccc(C(F)(F)F)cc1.O=C(O)C(F)(F)F. The summed E-state index contributed by atoms with van der Waals surface area (Å²) in [5, 5.41) is 15.7. The van der Waals surface area contributed by atoms with Crippen LogP contribution in [0.1, 0.15) is 12.0 Å². The largest absolute Gasteiger partial charge is 0.490 e. The molecule has 15 heteroatoms. The number of carboxylic acid groups (broad SMARTS) is 1. The van der Waals surface area contributed by atoms with Crippen molar-refractivity contribution in [1.29, 1.82) is 0 Å². The molecule has 0 amide bonds. The van der Waals surface area contributed by atoms with Crippen LogP contribution in [-0.4, -0.2) is 59.7 Å². The molecule has 4 heterocycles. The minimum absolute atomic E-state index is 0.622. The first-order valence-corrected chi connectivity index (χ1v) is 10.3. The second kappa shape index (κ2) is 9.13. The molecule has 0 spiro atoms. The van der Waals surface area contributed by atoms with Crippen LogP contribution >= 0.6 is 0 Å². The molecule has 36 heavy (non-hydrogen) atoms. The molecule has 0 atom stereocenters. The van der Waals surface area contributed by atoms with E-state index in [1.807, 2.05) is 0 Å². The molecule has 3 aromatic heterocycles. The summed E-state index contributed by atoms with van der Waals surface area (Å²) >= 11 is 0. The second-order valence-electron chi connectivity index (χ2n) is 7.72. The number of imidazole rings is 1. The van der Waals surface area contributed by atoms with E-state index in [9.17, 15) is 26.3 Å². The smallest absolute Gasteiger partial charge is 0.475 e. The summed E-state index contributed by atoms with van der Waals surface area (Å²) in [7, 11) is 1.75. The van der Waals surface area contributed by atoms with Crippen LogP contribution in [0, 0.1) is 0 Å². The van der Waals surface area contributed by atoms with Gasteiger partial charge in [-0.1, -0.05) is 12.1 Å². The Morgan fingerprint density at radius 2 is 1.64 bits per heavy atom. The van der Waals surface area contributed by atoms with Crippen molar-refractivity contribution in [2.24, 2.45) is 7.05 Å². The fourth-order valence-corrected chi connectivity index (χ4v) is 3.56. The van der Waals surface area contributed by atoms with Gasteiger partial charge in [-0.3, -0.25) is 4.68 Å². The van der Waals surface area contributed by atoms with Crippen molar-refractivity contribution in [2.45, 2.75) is 18.8 Å². The maximum absolute atomic E-state index is 12.9. The summed E-state index contributed by atoms with van der Waals surface area (Å²) in [6.45, 7) is 1.83. The lowest BCUT2D eigenvalue weighted by atomic mass is 10.0. The molecule has 0 aliphatic carbocycles. The number of benzene rings is 1. The quantitative estimate of drug-likeness (QED) is 0.413. The number of aliphatic carboxylic acids is 1. The number of nitrogens with zero attached hydrogens (tertiary/aromatic N) is 7. The summed E-state index contributed by atoms with van der Waals surface area (Å²) in [4.78, 5) is 20.0. The minimum atomic E-state index is -5.08. The highest BCUT2D eigenvalue weighted by molar-refractivity contribution is 5.91. The standard InChI is InChI=1S/C19H16F3N7.C2HF3O2/c1-27-16(12-3-5-13(6-4-12)19(20,21)22)14(9-25-27)15-17-18(28-7-2-8-28)23-10-26-29(17)11-24-15;3-2(4,5)1(6)7/h3-6,9-11H,2,7-8H2,1H3;(H,6,7). The summed E-state index contributed by atoms with van der Waals surface area (Å²) in [6, 6.07) is 5.06. The van der Waals surface area contributed by atoms with Crippen LogP contribution in [-0.2, 0) is 18.0 Å². The molecule has 0 unspecified atom stereocenters. The number of anilines is 1. The Balaban J connectivity index is 0.000000384. The van der Waals surface area contributed by atoms with Gasteiger partial charge in [-0.05, 0) is 18.6 Å². The summed E-state index contributed by atoms with van der Waals surface area (Å²) < 4.78 is 73.8. The molecule has 5 rings (SSSR count). The predicted octanol–water partition coefficient (Wildman–Crippen LogP) is 4.05. The number of alkyl halides is 6. The first-order chi connectivity index (χ1) is 16.9. The highest BCUT2D eigenvalue weighted by Gasteiger charge is 2.38. The third kappa shape index (κ3) is 4.81. The molecule has 4 aromatic rings. The van der Waals surface area contributed by atoms with Gasteiger partial charge in [-0.15, -0.1) is 0 Å². The first-order valence-electron chi connectivity index (χ1n) is 10.3.